The minimum atomic E-state index is -0.296. The second-order valence-electron chi connectivity index (χ2n) is 4.65. The van der Waals surface area contributed by atoms with Gasteiger partial charge in [0.05, 0.1) is 6.61 Å². The van der Waals surface area contributed by atoms with Gasteiger partial charge in [0.15, 0.2) is 0 Å². The fourth-order valence-electron chi connectivity index (χ4n) is 2.25. The van der Waals surface area contributed by atoms with Crippen LogP contribution in [0.25, 0.3) is 0 Å². The average Bonchev–Trinajstić information content (AvgIpc) is 2.60. The second kappa shape index (κ2) is 7.30. The number of amides is 1. The summed E-state index contributed by atoms with van der Waals surface area (Å²) < 4.78 is 4.85. The quantitative estimate of drug-likeness (QED) is 0.506. The standard InChI is InChI=1S/C13H23NO3/c1-3-5-6-7-11-8-12(15)14(9-11)10-13(16)17-4-2/h11H,3-10H2,1-2H3. The molecule has 98 valence electrons. The van der Waals surface area contributed by atoms with Crippen LogP contribution in [0.1, 0.15) is 46.0 Å². The number of hydrogen-bond acceptors (Lipinski definition) is 3. The maximum absolute atomic E-state index is 11.7. The van der Waals surface area contributed by atoms with E-state index in [1.807, 2.05) is 0 Å². The highest BCUT2D eigenvalue weighted by molar-refractivity contribution is 5.83. The predicted octanol–water partition coefficient (Wildman–Crippen LogP) is 1.98. The molecule has 17 heavy (non-hydrogen) atoms. The summed E-state index contributed by atoms with van der Waals surface area (Å²) in [7, 11) is 0. The third kappa shape index (κ3) is 4.75. The van der Waals surface area contributed by atoms with Crippen LogP contribution in [0.5, 0.6) is 0 Å². The molecule has 1 saturated heterocycles. The number of hydrogen-bond donors (Lipinski definition) is 0. The summed E-state index contributed by atoms with van der Waals surface area (Å²) in [6, 6.07) is 0. The molecule has 1 heterocycles. The van der Waals surface area contributed by atoms with E-state index in [1.165, 1.54) is 19.3 Å². The van der Waals surface area contributed by atoms with Gasteiger partial charge in [0.1, 0.15) is 6.54 Å². The third-order valence-electron chi connectivity index (χ3n) is 3.14. The molecule has 1 fully saturated rings. The Balaban J connectivity index is 2.28. The maximum Gasteiger partial charge on any atom is 0.325 e. The topological polar surface area (TPSA) is 46.6 Å². The van der Waals surface area contributed by atoms with Gasteiger partial charge in [0.25, 0.3) is 0 Å². The number of ether oxygens (including phenoxy) is 1. The van der Waals surface area contributed by atoms with Crippen molar-refractivity contribution in [2.45, 2.75) is 46.0 Å². The van der Waals surface area contributed by atoms with Crippen LogP contribution in [0.3, 0.4) is 0 Å². The number of carbonyl (C=O) groups is 2. The van der Waals surface area contributed by atoms with Gasteiger partial charge >= 0.3 is 5.97 Å². The molecule has 4 nitrogen and oxygen atoms in total. The molecule has 4 heteroatoms. The van der Waals surface area contributed by atoms with E-state index in [4.69, 9.17) is 4.74 Å². The summed E-state index contributed by atoms with van der Waals surface area (Å²) >= 11 is 0. The van der Waals surface area contributed by atoms with Crippen molar-refractivity contribution < 1.29 is 14.3 Å². The lowest BCUT2D eigenvalue weighted by molar-refractivity contribution is -0.147. The van der Waals surface area contributed by atoms with E-state index in [9.17, 15) is 9.59 Å². The second-order valence-corrected chi connectivity index (χ2v) is 4.65. The van der Waals surface area contributed by atoms with Crippen LogP contribution >= 0.6 is 0 Å². The minimum Gasteiger partial charge on any atom is -0.465 e. The third-order valence-corrected chi connectivity index (χ3v) is 3.14. The number of nitrogens with zero attached hydrogens (tertiary/aromatic N) is 1. The highest BCUT2D eigenvalue weighted by atomic mass is 16.5. The molecule has 0 saturated carbocycles. The number of rotatable bonds is 7. The summed E-state index contributed by atoms with van der Waals surface area (Å²) in [6.07, 6.45) is 5.31. The normalized spacial score (nSPS) is 19.8. The van der Waals surface area contributed by atoms with Gasteiger partial charge in [-0.25, -0.2) is 0 Å². The van der Waals surface area contributed by atoms with Gasteiger partial charge in [-0.3, -0.25) is 9.59 Å². The molecule has 1 amide bonds. The highest BCUT2D eigenvalue weighted by Gasteiger charge is 2.30. The van der Waals surface area contributed by atoms with Crippen LogP contribution in [0.4, 0.5) is 0 Å². The van der Waals surface area contributed by atoms with Crippen molar-refractivity contribution in [1.29, 1.82) is 0 Å². The first-order chi connectivity index (χ1) is 8.17. The van der Waals surface area contributed by atoms with Gasteiger partial charge in [0.2, 0.25) is 5.91 Å². The smallest absolute Gasteiger partial charge is 0.325 e. The number of esters is 1. The summed E-state index contributed by atoms with van der Waals surface area (Å²) in [6.45, 7) is 5.17. The van der Waals surface area contributed by atoms with Crippen LogP contribution in [0.2, 0.25) is 0 Å². The SMILES string of the molecule is CCCCCC1CC(=O)N(CC(=O)OCC)C1. The molecule has 1 rings (SSSR count). The Bertz CT molecular complexity index is 265. The zero-order chi connectivity index (χ0) is 12.7. The fraction of sp³-hybridized carbons (Fsp3) is 0.846. The molecule has 0 aliphatic carbocycles. The highest BCUT2D eigenvalue weighted by Crippen LogP contribution is 2.23. The zero-order valence-electron chi connectivity index (χ0n) is 10.9. The first kappa shape index (κ1) is 14.0. The molecular formula is C13H23NO3. The fourth-order valence-corrected chi connectivity index (χ4v) is 2.25. The summed E-state index contributed by atoms with van der Waals surface area (Å²) in [4.78, 5) is 24.6. The van der Waals surface area contributed by atoms with Crippen molar-refractivity contribution in [2.24, 2.45) is 5.92 Å². The van der Waals surface area contributed by atoms with Crippen LogP contribution in [-0.4, -0.2) is 36.5 Å². The largest absolute Gasteiger partial charge is 0.465 e. The van der Waals surface area contributed by atoms with Gasteiger partial charge in [-0.2, -0.15) is 0 Å². The number of unbranched alkanes of at least 4 members (excludes halogenated alkanes) is 2. The Labute approximate surface area is 103 Å². The van der Waals surface area contributed by atoms with Crippen molar-refractivity contribution in [2.75, 3.05) is 19.7 Å². The molecule has 0 radical (unpaired) electrons. The van der Waals surface area contributed by atoms with Crippen molar-refractivity contribution in [3.8, 4) is 0 Å². The summed E-state index contributed by atoms with van der Waals surface area (Å²) in [5.74, 6) is 0.234. The van der Waals surface area contributed by atoms with Gasteiger partial charge in [0, 0.05) is 13.0 Å². The van der Waals surface area contributed by atoms with Crippen LogP contribution in [0, 0.1) is 5.92 Å². The maximum atomic E-state index is 11.7. The minimum absolute atomic E-state index is 0.0968. The van der Waals surface area contributed by atoms with Gasteiger partial charge in [-0.05, 0) is 19.3 Å². The van der Waals surface area contributed by atoms with E-state index in [2.05, 4.69) is 6.92 Å². The number of carbonyl (C=O) groups excluding carboxylic acids is 2. The Hall–Kier alpha value is -1.06. The Morgan fingerprint density at radius 1 is 1.41 bits per heavy atom. The van der Waals surface area contributed by atoms with Crippen LogP contribution in [-0.2, 0) is 14.3 Å². The van der Waals surface area contributed by atoms with E-state index in [-0.39, 0.29) is 18.4 Å². The van der Waals surface area contributed by atoms with E-state index in [0.29, 0.717) is 18.9 Å². The predicted molar refractivity (Wildman–Crippen MR) is 65.5 cm³/mol. The molecule has 0 bridgehead atoms. The van der Waals surface area contributed by atoms with E-state index in [1.54, 1.807) is 11.8 Å². The average molecular weight is 241 g/mol. The Morgan fingerprint density at radius 2 is 2.18 bits per heavy atom. The molecule has 1 atom stereocenters. The monoisotopic (exact) mass is 241 g/mol. The van der Waals surface area contributed by atoms with Crippen molar-refractivity contribution >= 4 is 11.9 Å². The molecule has 0 spiro atoms. The van der Waals surface area contributed by atoms with Crippen LogP contribution in [0.15, 0.2) is 0 Å². The van der Waals surface area contributed by atoms with Crippen LogP contribution < -0.4 is 0 Å². The van der Waals surface area contributed by atoms with E-state index in [0.717, 1.165) is 13.0 Å². The molecular weight excluding hydrogens is 218 g/mol. The van der Waals surface area contributed by atoms with Gasteiger partial charge < -0.3 is 9.64 Å². The van der Waals surface area contributed by atoms with E-state index >= 15 is 0 Å². The first-order valence-corrected chi connectivity index (χ1v) is 6.60. The zero-order valence-corrected chi connectivity index (χ0v) is 10.9. The molecule has 1 aliphatic rings. The van der Waals surface area contributed by atoms with E-state index < -0.39 is 0 Å². The lowest BCUT2D eigenvalue weighted by atomic mass is 10.0. The molecule has 1 aliphatic heterocycles. The molecule has 0 aromatic heterocycles. The number of likely N-dealkylation sites (tertiary alicyclic amines) is 1. The lowest BCUT2D eigenvalue weighted by Crippen LogP contribution is -2.32. The molecule has 0 aromatic carbocycles. The first-order valence-electron chi connectivity index (χ1n) is 6.60. The molecule has 1 unspecified atom stereocenters. The molecule has 0 aromatic rings. The van der Waals surface area contributed by atoms with Gasteiger partial charge in [-0.15, -0.1) is 0 Å². The lowest BCUT2D eigenvalue weighted by Gasteiger charge is -2.15. The van der Waals surface area contributed by atoms with Gasteiger partial charge in [-0.1, -0.05) is 26.2 Å². The Morgan fingerprint density at radius 3 is 2.82 bits per heavy atom. The van der Waals surface area contributed by atoms with Crippen molar-refractivity contribution in [3.05, 3.63) is 0 Å². The summed E-state index contributed by atoms with van der Waals surface area (Å²) in [5, 5.41) is 0. The summed E-state index contributed by atoms with van der Waals surface area (Å²) in [5.41, 5.74) is 0. The Kier molecular flexibility index (Phi) is 6.01. The van der Waals surface area contributed by atoms with Crippen molar-refractivity contribution in [3.63, 3.8) is 0 Å². The molecule has 0 N–H and O–H groups in total. The van der Waals surface area contributed by atoms with Crippen molar-refractivity contribution in [1.82, 2.24) is 4.90 Å².